The van der Waals surface area contributed by atoms with Crippen molar-refractivity contribution in [1.82, 2.24) is 39.7 Å². The zero-order valence-corrected chi connectivity index (χ0v) is 24.4. The predicted octanol–water partition coefficient (Wildman–Crippen LogP) is 2.88. The van der Waals surface area contributed by atoms with E-state index in [1.165, 1.54) is 30.2 Å². The van der Waals surface area contributed by atoms with Gasteiger partial charge in [0.1, 0.15) is 29.1 Å². The van der Waals surface area contributed by atoms with Gasteiger partial charge in [-0.15, -0.1) is 0 Å². The Hall–Kier alpha value is -4.93. The number of likely N-dealkylation sites (tertiary alicyclic amines) is 2. The molecule has 0 unspecified atom stereocenters. The molecule has 17 heteroatoms. The Balaban J connectivity index is 1.25. The number of nitrogens with zero attached hydrogens (tertiary/aromatic N) is 7. The van der Waals surface area contributed by atoms with Gasteiger partial charge in [-0.3, -0.25) is 19.5 Å². The number of halogens is 5. The van der Waals surface area contributed by atoms with Gasteiger partial charge in [-0.05, 0) is 17.7 Å². The predicted molar refractivity (Wildman–Crippen MR) is 153 cm³/mol. The van der Waals surface area contributed by atoms with Gasteiger partial charge in [0.15, 0.2) is 17.5 Å². The number of nitrogens with two attached hydrogens (primary N) is 1. The van der Waals surface area contributed by atoms with Crippen molar-refractivity contribution in [3.05, 3.63) is 65.4 Å². The number of alkyl halides is 3. The standard InChI is InChI=1S/C29H28F5N9O3/c1-46-27-17(26(44)40-21-13-42(12-20(21)32)28(45)23-18(30)9-36-10-19(23)31)6-15(8-37-27)22-7-16(24-25(35)38-14-39-43(22)24)11-41-4-2-29(33,34)3-5-41/h6-10,14,20-21H,2-5,11-13H2,1H3,(H,40,44)(H2,35,38,39)/t20-,21+/m0/s1. The molecule has 2 fully saturated rings. The third kappa shape index (κ3) is 5.89. The maximum atomic E-state index is 15.0. The van der Waals surface area contributed by atoms with Crippen molar-refractivity contribution in [2.24, 2.45) is 0 Å². The molecule has 0 radical (unpaired) electrons. The maximum absolute atomic E-state index is 15.0. The average Bonchev–Trinajstić information content (AvgIpc) is 3.58. The second-order valence-electron chi connectivity index (χ2n) is 11.2. The summed E-state index contributed by atoms with van der Waals surface area (Å²) in [5.41, 5.74) is 7.27. The minimum absolute atomic E-state index is 0.0695. The molecule has 6 heterocycles. The van der Waals surface area contributed by atoms with E-state index in [0.29, 0.717) is 41.3 Å². The van der Waals surface area contributed by atoms with Gasteiger partial charge in [0.25, 0.3) is 17.7 Å². The van der Waals surface area contributed by atoms with Crippen LogP contribution < -0.4 is 15.8 Å². The number of aromatic nitrogens is 5. The Morgan fingerprint density at radius 2 is 1.80 bits per heavy atom. The Morgan fingerprint density at radius 1 is 1.09 bits per heavy atom. The smallest absolute Gasteiger partial charge is 0.260 e. The van der Waals surface area contributed by atoms with Crippen molar-refractivity contribution in [2.45, 2.75) is 37.5 Å². The molecule has 4 aromatic heterocycles. The highest BCUT2D eigenvalue weighted by molar-refractivity contribution is 5.98. The van der Waals surface area contributed by atoms with E-state index in [1.54, 1.807) is 6.07 Å². The molecule has 0 spiro atoms. The molecule has 2 amide bonds. The van der Waals surface area contributed by atoms with E-state index in [4.69, 9.17) is 10.5 Å². The van der Waals surface area contributed by atoms with E-state index in [1.807, 2.05) is 4.90 Å². The number of nitrogen functional groups attached to an aromatic ring is 1. The lowest BCUT2D eigenvalue weighted by molar-refractivity contribution is -0.0565. The second kappa shape index (κ2) is 12.1. The molecule has 46 heavy (non-hydrogen) atoms. The number of carbonyl (C=O) groups is 2. The highest BCUT2D eigenvalue weighted by Gasteiger charge is 2.39. The van der Waals surface area contributed by atoms with Gasteiger partial charge in [0.05, 0.1) is 37.8 Å². The first-order valence-electron chi connectivity index (χ1n) is 14.2. The lowest BCUT2D eigenvalue weighted by Crippen LogP contribution is -2.42. The number of anilines is 1. The minimum atomic E-state index is -2.71. The quantitative estimate of drug-likeness (QED) is 0.290. The maximum Gasteiger partial charge on any atom is 0.260 e. The van der Waals surface area contributed by atoms with E-state index in [2.05, 4.69) is 25.4 Å². The van der Waals surface area contributed by atoms with Crippen molar-refractivity contribution >= 4 is 23.1 Å². The minimum Gasteiger partial charge on any atom is -0.480 e. The van der Waals surface area contributed by atoms with Crippen LogP contribution >= 0.6 is 0 Å². The summed E-state index contributed by atoms with van der Waals surface area (Å²) >= 11 is 0. The third-order valence-corrected chi connectivity index (χ3v) is 8.15. The van der Waals surface area contributed by atoms with Gasteiger partial charge >= 0.3 is 0 Å². The van der Waals surface area contributed by atoms with E-state index < -0.39 is 53.7 Å². The van der Waals surface area contributed by atoms with E-state index >= 15 is 4.39 Å². The van der Waals surface area contributed by atoms with Crippen LogP contribution in [0.25, 0.3) is 16.8 Å². The van der Waals surface area contributed by atoms with E-state index in [0.717, 1.165) is 4.90 Å². The van der Waals surface area contributed by atoms with Crippen LogP contribution in [-0.2, 0) is 6.54 Å². The zero-order valence-electron chi connectivity index (χ0n) is 24.4. The van der Waals surface area contributed by atoms with Crippen LogP contribution in [0.1, 0.15) is 39.1 Å². The normalized spacial score (nSPS) is 19.8. The number of carbonyl (C=O) groups excluding carboxylic acids is 2. The molecule has 0 saturated carbocycles. The summed E-state index contributed by atoms with van der Waals surface area (Å²) in [6, 6.07) is 2.01. The number of piperidine rings is 1. The van der Waals surface area contributed by atoms with Crippen LogP contribution in [-0.4, -0.2) is 97.6 Å². The first kappa shape index (κ1) is 31.1. The molecule has 0 aliphatic carbocycles. The van der Waals surface area contributed by atoms with Gasteiger partial charge in [0.2, 0.25) is 5.88 Å². The van der Waals surface area contributed by atoms with Gasteiger partial charge < -0.3 is 20.7 Å². The number of hydrogen-bond donors (Lipinski definition) is 2. The van der Waals surface area contributed by atoms with Crippen LogP contribution in [0.5, 0.6) is 5.88 Å². The largest absolute Gasteiger partial charge is 0.480 e. The van der Waals surface area contributed by atoms with Crippen molar-refractivity contribution in [1.29, 1.82) is 0 Å². The van der Waals surface area contributed by atoms with Crippen molar-refractivity contribution < 1.29 is 36.3 Å². The fourth-order valence-corrected chi connectivity index (χ4v) is 5.75. The molecule has 4 aromatic rings. The second-order valence-corrected chi connectivity index (χ2v) is 11.2. The zero-order chi connectivity index (χ0) is 32.7. The molecule has 2 aliphatic heterocycles. The SMILES string of the molecule is COc1ncc(-c2cc(CN3CCC(F)(F)CC3)c3c(N)ncnn23)cc1C(=O)N[C@@H]1CN(C(=O)c2c(F)cncc2F)C[C@@H]1F. The number of amides is 2. The van der Waals surface area contributed by atoms with Crippen LogP contribution in [0.15, 0.2) is 37.1 Å². The van der Waals surface area contributed by atoms with Crippen LogP contribution in [0.3, 0.4) is 0 Å². The fraction of sp³-hybridized carbons (Fsp3) is 0.379. The lowest BCUT2D eigenvalue weighted by atomic mass is 10.1. The first-order valence-corrected chi connectivity index (χ1v) is 14.2. The average molecular weight is 646 g/mol. The molecule has 2 aliphatic rings. The Morgan fingerprint density at radius 3 is 2.50 bits per heavy atom. The van der Waals surface area contributed by atoms with E-state index in [9.17, 15) is 27.2 Å². The molecule has 0 aromatic carbocycles. The van der Waals surface area contributed by atoms with Gasteiger partial charge in [0, 0.05) is 50.8 Å². The monoisotopic (exact) mass is 645 g/mol. The van der Waals surface area contributed by atoms with Crippen LogP contribution in [0.2, 0.25) is 0 Å². The number of fused-ring (bicyclic) bond motifs is 1. The molecule has 12 nitrogen and oxygen atoms in total. The number of methoxy groups -OCH3 is 1. The molecular weight excluding hydrogens is 617 g/mol. The van der Waals surface area contributed by atoms with E-state index in [-0.39, 0.29) is 49.7 Å². The van der Waals surface area contributed by atoms with Crippen LogP contribution in [0, 0.1) is 11.6 Å². The van der Waals surface area contributed by atoms with Crippen molar-refractivity contribution in [3.63, 3.8) is 0 Å². The Kier molecular flexibility index (Phi) is 8.18. The highest BCUT2D eigenvalue weighted by Crippen LogP contribution is 2.33. The van der Waals surface area contributed by atoms with Crippen molar-refractivity contribution in [3.8, 4) is 17.1 Å². The summed E-state index contributed by atoms with van der Waals surface area (Å²) in [5.74, 6) is -6.85. The molecule has 2 saturated heterocycles. The number of nitrogens with one attached hydrogen (secondary N) is 1. The molecule has 242 valence electrons. The number of hydrogen-bond acceptors (Lipinski definition) is 9. The third-order valence-electron chi connectivity index (χ3n) is 8.15. The van der Waals surface area contributed by atoms with Gasteiger partial charge in [-0.25, -0.2) is 36.4 Å². The molecule has 0 bridgehead atoms. The topological polar surface area (TPSA) is 144 Å². The number of pyridine rings is 2. The van der Waals surface area contributed by atoms with Gasteiger partial charge in [-0.1, -0.05) is 0 Å². The number of ether oxygens (including phenoxy) is 1. The number of rotatable bonds is 7. The lowest BCUT2D eigenvalue weighted by Gasteiger charge is -2.31. The highest BCUT2D eigenvalue weighted by atomic mass is 19.3. The Labute approximate surface area is 258 Å². The summed E-state index contributed by atoms with van der Waals surface area (Å²) in [4.78, 5) is 40.7. The first-order chi connectivity index (χ1) is 22.0. The van der Waals surface area contributed by atoms with Crippen LogP contribution in [0.4, 0.5) is 27.8 Å². The summed E-state index contributed by atoms with van der Waals surface area (Å²) in [7, 11) is 1.30. The summed E-state index contributed by atoms with van der Waals surface area (Å²) in [6.45, 7) is -0.180. The van der Waals surface area contributed by atoms with Crippen molar-refractivity contribution in [2.75, 3.05) is 39.0 Å². The molecular formula is C29H28F5N9O3. The molecule has 2 atom stereocenters. The Bertz CT molecular complexity index is 1790. The molecule has 3 N–H and O–H groups in total. The summed E-state index contributed by atoms with van der Waals surface area (Å²) in [6.07, 6.45) is 1.78. The molecule has 6 rings (SSSR count). The summed E-state index contributed by atoms with van der Waals surface area (Å²) in [5, 5.41) is 6.84. The fourth-order valence-electron chi connectivity index (χ4n) is 5.75. The van der Waals surface area contributed by atoms with Gasteiger partial charge in [-0.2, -0.15) is 5.10 Å². The summed E-state index contributed by atoms with van der Waals surface area (Å²) < 4.78 is 77.6.